The monoisotopic (exact) mass is 291 g/mol. The van der Waals surface area contributed by atoms with Crippen LogP contribution in [0.1, 0.15) is 24.2 Å². The first-order chi connectivity index (χ1) is 9.18. The first-order valence-corrected chi connectivity index (χ1v) is 5.91. The van der Waals surface area contributed by atoms with Crippen LogP contribution in [0.5, 0.6) is 0 Å². The lowest BCUT2D eigenvalue weighted by Crippen LogP contribution is -2.20. The van der Waals surface area contributed by atoms with Crippen LogP contribution >= 0.6 is 0 Å². The standard InChI is InChI=1S/C13H16F3NO3/c1-4-20-12(19)11(18)9-7-8(13(14,15)16)5-6-10(9)17(2)3/h5-7,11,18H,4H2,1-3H3. The Morgan fingerprint density at radius 1 is 1.40 bits per heavy atom. The zero-order chi connectivity index (χ0) is 15.5. The van der Waals surface area contributed by atoms with E-state index in [2.05, 4.69) is 4.74 Å². The fourth-order valence-electron chi connectivity index (χ4n) is 1.71. The van der Waals surface area contributed by atoms with Crippen molar-refractivity contribution in [2.45, 2.75) is 19.2 Å². The molecular formula is C13H16F3NO3. The molecule has 0 aromatic heterocycles. The summed E-state index contributed by atoms with van der Waals surface area (Å²) in [5, 5.41) is 9.87. The number of hydrogen-bond acceptors (Lipinski definition) is 4. The second-order valence-corrected chi connectivity index (χ2v) is 4.32. The van der Waals surface area contributed by atoms with Gasteiger partial charge in [-0.2, -0.15) is 13.2 Å². The first-order valence-electron chi connectivity index (χ1n) is 5.91. The Bertz CT molecular complexity index is 486. The summed E-state index contributed by atoms with van der Waals surface area (Å²) >= 11 is 0. The Morgan fingerprint density at radius 2 is 2.00 bits per heavy atom. The zero-order valence-corrected chi connectivity index (χ0v) is 11.4. The van der Waals surface area contributed by atoms with Gasteiger partial charge in [-0.15, -0.1) is 0 Å². The van der Waals surface area contributed by atoms with Crippen LogP contribution < -0.4 is 4.90 Å². The fourth-order valence-corrected chi connectivity index (χ4v) is 1.71. The van der Waals surface area contributed by atoms with Gasteiger partial charge in [0.05, 0.1) is 12.2 Å². The van der Waals surface area contributed by atoms with Gasteiger partial charge < -0.3 is 14.7 Å². The van der Waals surface area contributed by atoms with Crippen molar-refractivity contribution in [2.24, 2.45) is 0 Å². The zero-order valence-electron chi connectivity index (χ0n) is 11.4. The molecule has 1 aromatic carbocycles. The van der Waals surface area contributed by atoms with E-state index in [0.29, 0.717) is 5.69 Å². The van der Waals surface area contributed by atoms with Gasteiger partial charge in [0.25, 0.3) is 0 Å². The van der Waals surface area contributed by atoms with Crippen LogP contribution in [0.2, 0.25) is 0 Å². The predicted octanol–water partition coefficient (Wildman–Crippen LogP) is 2.37. The molecule has 0 bridgehead atoms. The van der Waals surface area contributed by atoms with Crippen molar-refractivity contribution >= 4 is 11.7 Å². The number of ether oxygens (including phenoxy) is 1. The second-order valence-electron chi connectivity index (χ2n) is 4.32. The Balaban J connectivity index is 3.29. The van der Waals surface area contributed by atoms with E-state index in [1.165, 1.54) is 11.0 Å². The highest BCUT2D eigenvalue weighted by molar-refractivity contribution is 5.79. The van der Waals surface area contributed by atoms with E-state index >= 15 is 0 Å². The molecule has 0 radical (unpaired) electrons. The van der Waals surface area contributed by atoms with Gasteiger partial charge in [0.2, 0.25) is 0 Å². The molecule has 0 heterocycles. The molecule has 1 atom stereocenters. The largest absolute Gasteiger partial charge is 0.464 e. The van der Waals surface area contributed by atoms with Gasteiger partial charge in [0, 0.05) is 25.3 Å². The minimum Gasteiger partial charge on any atom is -0.464 e. The number of aliphatic hydroxyl groups is 1. The number of rotatable bonds is 4. The summed E-state index contributed by atoms with van der Waals surface area (Å²) in [6.45, 7) is 1.58. The van der Waals surface area contributed by atoms with Gasteiger partial charge in [-0.05, 0) is 25.1 Å². The summed E-state index contributed by atoms with van der Waals surface area (Å²) in [5.74, 6) is -0.977. The second kappa shape index (κ2) is 6.13. The molecule has 1 unspecified atom stereocenters. The number of anilines is 1. The summed E-state index contributed by atoms with van der Waals surface area (Å²) < 4.78 is 42.7. The minimum atomic E-state index is -4.55. The molecule has 0 saturated heterocycles. The number of alkyl halides is 3. The molecule has 1 aromatic rings. The SMILES string of the molecule is CCOC(=O)C(O)c1cc(C(F)(F)F)ccc1N(C)C. The summed E-state index contributed by atoms with van der Waals surface area (Å²) in [5.41, 5.74) is -0.747. The molecule has 0 spiro atoms. The maximum absolute atomic E-state index is 12.7. The predicted molar refractivity (Wildman–Crippen MR) is 67.4 cm³/mol. The van der Waals surface area contributed by atoms with Crippen LogP contribution in [0.4, 0.5) is 18.9 Å². The first kappa shape index (κ1) is 16.3. The van der Waals surface area contributed by atoms with E-state index in [4.69, 9.17) is 0 Å². The van der Waals surface area contributed by atoms with Gasteiger partial charge in [0.15, 0.2) is 6.10 Å². The van der Waals surface area contributed by atoms with Crippen LogP contribution in [0.3, 0.4) is 0 Å². The van der Waals surface area contributed by atoms with E-state index in [0.717, 1.165) is 12.1 Å². The van der Waals surface area contributed by atoms with E-state index in [1.54, 1.807) is 21.0 Å². The summed E-state index contributed by atoms with van der Waals surface area (Å²) in [7, 11) is 3.20. The Hall–Kier alpha value is -1.76. The maximum Gasteiger partial charge on any atom is 0.416 e. The quantitative estimate of drug-likeness (QED) is 0.865. The number of nitrogens with zero attached hydrogens (tertiary/aromatic N) is 1. The van der Waals surface area contributed by atoms with E-state index in [9.17, 15) is 23.1 Å². The molecule has 20 heavy (non-hydrogen) atoms. The topological polar surface area (TPSA) is 49.8 Å². The molecule has 0 aliphatic rings. The fraction of sp³-hybridized carbons (Fsp3) is 0.462. The highest BCUT2D eigenvalue weighted by Gasteiger charge is 2.33. The molecule has 0 aliphatic carbocycles. The smallest absolute Gasteiger partial charge is 0.416 e. The summed E-state index contributed by atoms with van der Waals surface area (Å²) in [4.78, 5) is 13.0. The number of carbonyl (C=O) groups is 1. The van der Waals surface area contributed by atoms with Gasteiger partial charge in [0.1, 0.15) is 0 Å². The van der Waals surface area contributed by atoms with Gasteiger partial charge in [-0.1, -0.05) is 0 Å². The number of halogens is 3. The van der Waals surface area contributed by atoms with Crippen LogP contribution in [-0.4, -0.2) is 31.8 Å². The molecule has 4 nitrogen and oxygen atoms in total. The lowest BCUT2D eigenvalue weighted by molar-refractivity contribution is -0.153. The third-order valence-electron chi connectivity index (χ3n) is 2.64. The number of aliphatic hydroxyl groups excluding tert-OH is 1. The Kier molecular flexibility index (Phi) is 4.99. The lowest BCUT2D eigenvalue weighted by atomic mass is 10.0. The van der Waals surface area contributed by atoms with Crippen LogP contribution in [0.15, 0.2) is 18.2 Å². The molecule has 0 fully saturated rings. The number of esters is 1. The van der Waals surface area contributed by atoms with Crippen molar-refractivity contribution in [3.63, 3.8) is 0 Å². The van der Waals surface area contributed by atoms with Crippen molar-refractivity contribution in [3.05, 3.63) is 29.3 Å². The van der Waals surface area contributed by atoms with Crippen molar-refractivity contribution in [1.82, 2.24) is 0 Å². The molecule has 0 saturated carbocycles. The van der Waals surface area contributed by atoms with Crippen molar-refractivity contribution in [3.8, 4) is 0 Å². The van der Waals surface area contributed by atoms with Crippen molar-refractivity contribution in [1.29, 1.82) is 0 Å². The number of hydrogen-bond donors (Lipinski definition) is 1. The van der Waals surface area contributed by atoms with Crippen LogP contribution in [0, 0.1) is 0 Å². The molecule has 0 amide bonds. The molecule has 1 rings (SSSR count). The normalized spacial score (nSPS) is 12.9. The minimum absolute atomic E-state index is 0.0339. The molecule has 7 heteroatoms. The number of benzene rings is 1. The summed E-state index contributed by atoms with van der Waals surface area (Å²) in [6.07, 6.45) is -6.30. The van der Waals surface area contributed by atoms with Gasteiger partial charge in [-0.25, -0.2) is 4.79 Å². The van der Waals surface area contributed by atoms with E-state index in [-0.39, 0.29) is 12.2 Å². The highest BCUT2D eigenvalue weighted by Crippen LogP contribution is 2.35. The molecule has 0 aliphatic heterocycles. The van der Waals surface area contributed by atoms with Crippen molar-refractivity contribution in [2.75, 3.05) is 25.6 Å². The van der Waals surface area contributed by atoms with Crippen LogP contribution in [-0.2, 0) is 15.7 Å². The van der Waals surface area contributed by atoms with E-state index < -0.39 is 23.8 Å². The Morgan fingerprint density at radius 3 is 2.45 bits per heavy atom. The third-order valence-corrected chi connectivity index (χ3v) is 2.64. The van der Waals surface area contributed by atoms with Crippen molar-refractivity contribution < 1.29 is 27.8 Å². The summed E-state index contributed by atoms with van der Waals surface area (Å²) in [6, 6.07) is 2.87. The number of carbonyl (C=O) groups excluding carboxylic acids is 1. The van der Waals surface area contributed by atoms with Crippen LogP contribution in [0.25, 0.3) is 0 Å². The maximum atomic E-state index is 12.7. The average Bonchev–Trinajstić information content (AvgIpc) is 2.36. The highest BCUT2D eigenvalue weighted by atomic mass is 19.4. The third kappa shape index (κ3) is 3.63. The molecule has 112 valence electrons. The lowest BCUT2D eigenvalue weighted by Gasteiger charge is -2.21. The molecule has 1 N–H and O–H groups in total. The van der Waals surface area contributed by atoms with Gasteiger partial charge in [-0.3, -0.25) is 0 Å². The van der Waals surface area contributed by atoms with Gasteiger partial charge >= 0.3 is 12.1 Å². The molecular weight excluding hydrogens is 275 g/mol. The Labute approximate surface area is 114 Å². The average molecular weight is 291 g/mol. The van der Waals surface area contributed by atoms with E-state index in [1.807, 2.05) is 0 Å².